The number of hydrogen-bond donors (Lipinski definition) is 0. The van der Waals surface area contributed by atoms with Crippen LogP contribution in [-0.2, 0) is 0 Å². The maximum Gasteiger partial charge on any atom is 0.0300 e. The van der Waals surface area contributed by atoms with Gasteiger partial charge >= 0.3 is 0 Å². The third kappa shape index (κ3) is 2.17. The zero-order chi connectivity index (χ0) is 12.7. The lowest BCUT2D eigenvalue weighted by atomic mass is 9.95. The summed E-state index contributed by atoms with van der Waals surface area (Å²) in [6.07, 6.45) is 8.24. The van der Waals surface area contributed by atoms with Crippen molar-refractivity contribution in [2.24, 2.45) is 0 Å². The third-order valence-electron chi connectivity index (χ3n) is 4.63. The first kappa shape index (κ1) is 12.4. The van der Waals surface area contributed by atoms with Gasteiger partial charge in [0, 0.05) is 16.4 Å². The van der Waals surface area contributed by atoms with Gasteiger partial charge in [0.05, 0.1) is 0 Å². The fourth-order valence-corrected chi connectivity index (χ4v) is 6.46. The molecular formula is C17H20S2. The van der Waals surface area contributed by atoms with Crippen LogP contribution in [0, 0.1) is 0 Å². The Labute approximate surface area is 124 Å². The molecule has 0 nitrogen and oxygen atoms in total. The molecule has 2 heterocycles. The van der Waals surface area contributed by atoms with E-state index in [0.717, 1.165) is 10.5 Å². The molecule has 1 aromatic rings. The Kier molecular flexibility index (Phi) is 3.40. The molecule has 19 heavy (non-hydrogen) atoms. The molecule has 3 atom stereocenters. The SMILES string of the molecule is C1=C(C2CCCS2)c2ccccc2C1C1CCCS1. The predicted octanol–water partition coefficient (Wildman–Crippen LogP) is 4.96. The van der Waals surface area contributed by atoms with Gasteiger partial charge in [-0.15, -0.1) is 0 Å². The second-order valence-electron chi connectivity index (χ2n) is 5.79. The first-order chi connectivity index (χ1) is 9.43. The number of hydrogen-bond acceptors (Lipinski definition) is 2. The second-order valence-corrected chi connectivity index (χ2v) is 8.45. The standard InChI is InChI=1S/C17H20S2/c1-2-6-13-12(5-1)14(16-7-3-9-18-16)11-15(13)17-8-4-10-19-17/h1-2,5-6,11,14,16-17H,3-4,7-10H2. The van der Waals surface area contributed by atoms with Crippen LogP contribution in [0.5, 0.6) is 0 Å². The van der Waals surface area contributed by atoms with Crippen LogP contribution in [0.15, 0.2) is 30.3 Å². The normalized spacial score (nSPS) is 33.5. The fraction of sp³-hybridized carbons (Fsp3) is 0.529. The van der Waals surface area contributed by atoms with Crippen molar-refractivity contribution in [1.82, 2.24) is 0 Å². The summed E-state index contributed by atoms with van der Waals surface area (Å²) in [6.45, 7) is 0. The van der Waals surface area contributed by atoms with Crippen LogP contribution in [-0.4, -0.2) is 22.0 Å². The number of allylic oxidation sites excluding steroid dienone is 1. The highest BCUT2D eigenvalue weighted by molar-refractivity contribution is 8.00. The summed E-state index contributed by atoms with van der Waals surface area (Å²) in [5, 5.41) is 1.61. The van der Waals surface area contributed by atoms with Gasteiger partial charge in [0.25, 0.3) is 0 Å². The van der Waals surface area contributed by atoms with Crippen LogP contribution >= 0.6 is 23.5 Å². The lowest BCUT2D eigenvalue weighted by Gasteiger charge is -2.17. The molecule has 0 saturated carbocycles. The lowest BCUT2D eigenvalue weighted by Crippen LogP contribution is -2.08. The van der Waals surface area contributed by atoms with Gasteiger partial charge in [0.2, 0.25) is 0 Å². The summed E-state index contributed by atoms with van der Waals surface area (Å²) >= 11 is 4.37. The van der Waals surface area contributed by atoms with Crippen molar-refractivity contribution in [1.29, 1.82) is 0 Å². The highest BCUT2D eigenvalue weighted by Crippen LogP contribution is 2.49. The van der Waals surface area contributed by atoms with Crippen LogP contribution in [0.25, 0.3) is 5.57 Å². The third-order valence-corrected chi connectivity index (χ3v) is 7.53. The van der Waals surface area contributed by atoms with Gasteiger partial charge in [-0.2, -0.15) is 23.5 Å². The first-order valence-electron chi connectivity index (χ1n) is 7.48. The van der Waals surface area contributed by atoms with Gasteiger partial charge < -0.3 is 0 Å². The van der Waals surface area contributed by atoms with E-state index in [1.807, 2.05) is 0 Å². The molecule has 1 aromatic carbocycles. The highest BCUT2D eigenvalue weighted by Gasteiger charge is 2.34. The summed E-state index contributed by atoms with van der Waals surface area (Å²) in [5.41, 5.74) is 4.85. The van der Waals surface area contributed by atoms with Gasteiger partial charge in [-0.1, -0.05) is 30.3 Å². The molecule has 100 valence electrons. The van der Waals surface area contributed by atoms with E-state index in [9.17, 15) is 0 Å². The maximum atomic E-state index is 2.64. The Hall–Kier alpha value is -0.340. The molecule has 4 rings (SSSR count). The van der Waals surface area contributed by atoms with Crippen LogP contribution in [0.2, 0.25) is 0 Å². The van der Waals surface area contributed by atoms with E-state index < -0.39 is 0 Å². The van der Waals surface area contributed by atoms with E-state index in [0.29, 0.717) is 5.92 Å². The monoisotopic (exact) mass is 288 g/mol. The summed E-state index contributed by atoms with van der Waals surface area (Å²) in [4.78, 5) is 0. The van der Waals surface area contributed by atoms with E-state index in [1.54, 1.807) is 16.7 Å². The number of rotatable bonds is 2. The topological polar surface area (TPSA) is 0 Å². The van der Waals surface area contributed by atoms with Crippen molar-refractivity contribution in [3.05, 3.63) is 41.5 Å². The van der Waals surface area contributed by atoms with Crippen molar-refractivity contribution < 1.29 is 0 Å². The smallest absolute Gasteiger partial charge is 0.0300 e. The van der Waals surface area contributed by atoms with Gasteiger partial charge in [-0.25, -0.2) is 0 Å². The Morgan fingerprint density at radius 2 is 1.79 bits per heavy atom. The zero-order valence-corrected chi connectivity index (χ0v) is 12.8. The van der Waals surface area contributed by atoms with Crippen molar-refractivity contribution in [3.8, 4) is 0 Å². The van der Waals surface area contributed by atoms with Crippen LogP contribution in [0.1, 0.15) is 42.7 Å². The van der Waals surface area contributed by atoms with Crippen molar-refractivity contribution in [2.75, 3.05) is 11.5 Å². The Morgan fingerprint density at radius 3 is 2.58 bits per heavy atom. The molecular weight excluding hydrogens is 268 g/mol. The van der Waals surface area contributed by atoms with E-state index in [4.69, 9.17) is 0 Å². The van der Waals surface area contributed by atoms with E-state index >= 15 is 0 Å². The minimum atomic E-state index is 0.694. The van der Waals surface area contributed by atoms with Gasteiger partial charge in [0.15, 0.2) is 0 Å². The van der Waals surface area contributed by atoms with E-state index in [-0.39, 0.29) is 0 Å². The van der Waals surface area contributed by atoms with Gasteiger partial charge in [-0.3, -0.25) is 0 Å². The largest absolute Gasteiger partial charge is 0.158 e. The Balaban J connectivity index is 1.71. The average Bonchev–Trinajstić information content (AvgIpc) is 3.18. The Morgan fingerprint density at radius 1 is 0.947 bits per heavy atom. The molecule has 2 aliphatic heterocycles. The van der Waals surface area contributed by atoms with Crippen molar-refractivity contribution in [3.63, 3.8) is 0 Å². The van der Waals surface area contributed by atoms with E-state index in [2.05, 4.69) is 53.9 Å². The minimum Gasteiger partial charge on any atom is -0.158 e. The predicted molar refractivity (Wildman–Crippen MR) is 88.1 cm³/mol. The summed E-state index contributed by atoms with van der Waals surface area (Å²) < 4.78 is 0. The van der Waals surface area contributed by atoms with Crippen LogP contribution in [0.4, 0.5) is 0 Å². The molecule has 3 aliphatic rings. The average molecular weight is 288 g/mol. The van der Waals surface area contributed by atoms with Crippen LogP contribution < -0.4 is 0 Å². The van der Waals surface area contributed by atoms with E-state index in [1.165, 1.54) is 37.2 Å². The fourth-order valence-electron chi connectivity index (χ4n) is 3.72. The summed E-state index contributed by atoms with van der Waals surface area (Å²) in [6, 6.07) is 9.18. The Bertz CT molecular complexity index is 494. The first-order valence-corrected chi connectivity index (χ1v) is 9.57. The molecule has 0 aromatic heterocycles. The molecule has 2 fully saturated rings. The van der Waals surface area contributed by atoms with Gasteiger partial charge in [-0.05, 0) is 53.9 Å². The molecule has 0 spiro atoms. The molecule has 2 heteroatoms. The van der Waals surface area contributed by atoms with Crippen LogP contribution in [0.3, 0.4) is 0 Å². The minimum absolute atomic E-state index is 0.694. The quantitative estimate of drug-likeness (QED) is 0.754. The molecule has 0 N–H and O–H groups in total. The number of benzene rings is 1. The molecule has 2 saturated heterocycles. The lowest BCUT2D eigenvalue weighted by molar-refractivity contribution is 0.722. The van der Waals surface area contributed by atoms with Crippen molar-refractivity contribution in [2.45, 2.75) is 42.1 Å². The zero-order valence-electron chi connectivity index (χ0n) is 11.2. The maximum absolute atomic E-state index is 2.64. The number of thioether (sulfide) groups is 2. The molecule has 0 amide bonds. The second kappa shape index (κ2) is 5.21. The van der Waals surface area contributed by atoms with Gasteiger partial charge in [0.1, 0.15) is 0 Å². The molecule has 3 unspecified atom stereocenters. The summed E-state index contributed by atoms with van der Waals surface area (Å²) in [5.74, 6) is 3.41. The molecule has 0 bridgehead atoms. The van der Waals surface area contributed by atoms with Crippen molar-refractivity contribution >= 4 is 29.1 Å². The molecule has 1 aliphatic carbocycles. The number of fused-ring (bicyclic) bond motifs is 1. The highest BCUT2D eigenvalue weighted by atomic mass is 32.2. The molecule has 0 radical (unpaired) electrons. The summed E-state index contributed by atoms with van der Waals surface area (Å²) in [7, 11) is 0.